The lowest BCUT2D eigenvalue weighted by Gasteiger charge is -2.14. The van der Waals surface area contributed by atoms with Crippen molar-refractivity contribution in [2.45, 2.75) is 18.4 Å². The summed E-state index contributed by atoms with van der Waals surface area (Å²) in [5, 5.41) is 33.8. The zero-order chi connectivity index (χ0) is 9.72. The number of ketones is 1. The first kappa shape index (κ1) is 11.4. The number of hydrogen-bond acceptors (Lipinski definition) is 5. The van der Waals surface area contributed by atoms with Gasteiger partial charge in [0, 0.05) is 0 Å². The van der Waals surface area contributed by atoms with Crippen LogP contribution in [0.2, 0.25) is 0 Å². The first-order chi connectivity index (χ1) is 5.54. The summed E-state index contributed by atoms with van der Waals surface area (Å²) < 4.78 is 12.4. The van der Waals surface area contributed by atoms with Crippen LogP contribution in [-0.4, -0.2) is 57.8 Å². The zero-order valence-corrected chi connectivity index (χ0v) is 6.22. The molecular formula is C6H11FO5. The van der Waals surface area contributed by atoms with Crippen LogP contribution < -0.4 is 0 Å². The molecule has 4 N–H and O–H groups in total. The van der Waals surface area contributed by atoms with Crippen LogP contribution in [0.4, 0.5) is 4.39 Å². The molecule has 0 bridgehead atoms. The SMILES string of the molecule is O=C([C@@H](O)CO)[C@H](O)[C@H](F)CO. The number of carbonyl (C=O) groups excluding carboxylic acids is 1. The summed E-state index contributed by atoms with van der Waals surface area (Å²) in [5.74, 6) is -1.24. The van der Waals surface area contributed by atoms with Gasteiger partial charge >= 0.3 is 0 Å². The molecule has 0 aromatic rings. The van der Waals surface area contributed by atoms with Gasteiger partial charge in [0.05, 0.1) is 13.2 Å². The van der Waals surface area contributed by atoms with Crippen molar-refractivity contribution in [1.29, 1.82) is 0 Å². The van der Waals surface area contributed by atoms with E-state index < -0.39 is 37.4 Å². The van der Waals surface area contributed by atoms with Crippen molar-refractivity contribution in [3.63, 3.8) is 0 Å². The number of hydrogen-bond donors (Lipinski definition) is 4. The van der Waals surface area contributed by atoms with Gasteiger partial charge < -0.3 is 20.4 Å². The van der Waals surface area contributed by atoms with Crippen molar-refractivity contribution in [2.75, 3.05) is 13.2 Å². The molecule has 5 nitrogen and oxygen atoms in total. The van der Waals surface area contributed by atoms with E-state index in [2.05, 4.69) is 0 Å². The molecule has 0 aliphatic rings. The van der Waals surface area contributed by atoms with Crippen LogP contribution in [0.25, 0.3) is 0 Å². The Hall–Kier alpha value is -0.560. The van der Waals surface area contributed by atoms with Crippen LogP contribution in [0.3, 0.4) is 0 Å². The normalized spacial score (nSPS) is 18.4. The van der Waals surface area contributed by atoms with Crippen molar-refractivity contribution >= 4 is 5.78 Å². The summed E-state index contributed by atoms with van der Waals surface area (Å²) in [6, 6.07) is 0. The Morgan fingerprint density at radius 1 is 1.25 bits per heavy atom. The lowest BCUT2D eigenvalue weighted by atomic mass is 10.1. The number of carbonyl (C=O) groups is 1. The fourth-order valence-electron chi connectivity index (χ4n) is 0.565. The minimum Gasteiger partial charge on any atom is -0.393 e. The predicted molar refractivity (Wildman–Crippen MR) is 36.1 cm³/mol. The molecule has 0 spiro atoms. The van der Waals surface area contributed by atoms with Gasteiger partial charge in [0.15, 0.2) is 12.0 Å². The topological polar surface area (TPSA) is 98.0 Å². The van der Waals surface area contributed by atoms with E-state index in [0.717, 1.165) is 0 Å². The van der Waals surface area contributed by atoms with Gasteiger partial charge in [-0.1, -0.05) is 0 Å². The van der Waals surface area contributed by atoms with Crippen LogP contribution in [0, 0.1) is 0 Å². The van der Waals surface area contributed by atoms with Gasteiger partial charge in [0.25, 0.3) is 0 Å². The van der Waals surface area contributed by atoms with Gasteiger partial charge in [-0.2, -0.15) is 0 Å². The van der Waals surface area contributed by atoms with Crippen molar-refractivity contribution in [1.82, 2.24) is 0 Å². The fourth-order valence-corrected chi connectivity index (χ4v) is 0.565. The molecule has 0 aromatic carbocycles. The van der Waals surface area contributed by atoms with E-state index >= 15 is 0 Å². The highest BCUT2D eigenvalue weighted by Gasteiger charge is 2.29. The Morgan fingerprint density at radius 2 is 1.75 bits per heavy atom. The quantitative estimate of drug-likeness (QED) is 0.380. The molecule has 0 saturated carbocycles. The van der Waals surface area contributed by atoms with Crippen LogP contribution in [-0.2, 0) is 4.79 Å². The summed E-state index contributed by atoms with van der Waals surface area (Å²) in [4.78, 5) is 10.7. The number of aliphatic hydroxyl groups excluding tert-OH is 4. The highest BCUT2D eigenvalue weighted by Crippen LogP contribution is 2.02. The molecule has 0 aliphatic heterocycles. The Morgan fingerprint density at radius 3 is 2.08 bits per heavy atom. The summed E-state index contributed by atoms with van der Waals surface area (Å²) in [7, 11) is 0. The van der Waals surface area contributed by atoms with E-state index in [4.69, 9.17) is 20.4 Å². The third-order valence-electron chi connectivity index (χ3n) is 1.31. The molecule has 6 heteroatoms. The minimum atomic E-state index is -2.13. The third-order valence-corrected chi connectivity index (χ3v) is 1.31. The summed E-state index contributed by atoms with van der Waals surface area (Å²) in [6.45, 7) is -1.89. The fraction of sp³-hybridized carbons (Fsp3) is 0.833. The van der Waals surface area contributed by atoms with E-state index in [1.54, 1.807) is 0 Å². The van der Waals surface area contributed by atoms with E-state index in [1.807, 2.05) is 0 Å². The molecule has 0 unspecified atom stereocenters. The number of aliphatic hydroxyl groups is 4. The van der Waals surface area contributed by atoms with Crippen molar-refractivity contribution in [3.05, 3.63) is 0 Å². The Kier molecular flexibility index (Phi) is 4.91. The summed E-state index contributed by atoms with van der Waals surface area (Å²) >= 11 is 0. The third kappa shape index (κ3) is 2.82. The van der Waals surface area contributed by atoms with Crippen molar-refractivity contribution in [3.8, 4) is 0 Å². The zero-order valence-electron chi connectivity index (χ0n) is 6.22. The average Bonchev–Trinajstić information content (AvgIpc) is 2.12. The maximum absolute atomic E-state index is 12.4. The Bertz CT molecular complexity index is 151. The maximum atomic E-state index is 12.4. The number of alkyl halides is 1. The molecule has 3 atom stereocenters. The van der Waals surface area contributed by atoms with Crippen LogP contribution >= 0.6 is 0 Å². The number of Topliss-reactive ketones (excluding diaryl/α,β-unsaturated/α-hetero) is 1. The minimum absolute atomic E-state index is 0.881. The van der Waals surface area contributed by atoms with Crippen molar-refractivity contribution in [2.24, 2.45) is 0 Å². The summed E-state index contributed by atoms with van der Waals surface area (Å²) in [5.41, 5.74) is 0. The van der Waals surface area contributed by atoms with Crippen molar-refractivity contribution < 1.29 is 29.6 Å². The summed E-state index contributed by atoms with van der Waals surface area (Å²) in [6.07, 6.45) is -6.01. The lowest BCUT2D eigenvalue weighted by Crippen LogP contribution is -2.41. The largest absolute Gasteiger partial charge is 0.393 e. The maximum Gasteiger partial charge on any atom is 0.195 e. The second-order valence-corrected chi connectivity index (χ2v) is 2.24. The monoisotopic (exact) mass is 182 g/mol. The van der Waals surface area contributed by atoms with Crippen LogP contribution in [0.15, 0.2) is 0 Å². The van der Waals surface area contributed by atoms with Gasteiger partial charge in [-0.3, -0.25) is 4.79 Å². The van der Waals surface area contributed by atoms with E-state index in [1.165, 1.54) is 0 Å². The first-order valence-electron chi connectivity index (χ1n) is 3.30. The predicted octanol–water partition coefficient (Wildman–Crippen LogP) is -2.40. The second kappa shape index (κ2) is 5.15. The highest BCUT2D eigenvalue weighted by molar-refractivity contribution is 5.87. The van der Waals surface area contributed by atoms with Gasteiger partial charge in [0.1, 0.15) is 12.2 Å². The van der Waals surface area contributed by atoms with Gasteiger partial charge in [0.2, 0.25) is 0 Å². The highest BCUT2D eigenvalue weighted by atomic mass is 19.1. The molecule has 0 heterocycles. The van der Waals surface area contributed by atoms with Gasteiger partial charge in [-0.05, 0) is 0 Å². The molecular weight excluding hydrogens is 171 g/mol. The molecule has 0 aromatic heterocycles. The average molecular weight is 182 g/mol. The molecule has 0 radical (unpaired) electrons. The second-order valence-electron chi connectivity index (χ2n) is 2.24. The molecule has 12 heavy (non-hydrogen) atoms. The van der Waals surface area contributed by atoms with Crippen LogP contribution in [0.1, 0.15) is 0 Å². The number of rotatable bonds is 5. The van der Waals surface area contributed by atoms with Gasteiger partial charge in [-0.25, -0.2) is 4.39 Å². The lowest BCUT2D eigenvalue weighted by molar-refractivity contribution is -0.141. The smallest absolute Gasteiger partial charge is 0.195 e. The molecule has 0 rings (SSSR count). The standard InChI is InChI=1S/C6H11FO5/c7-3(1-8)5(11)6(12)4(10)2-9/h3-5,8-11H,1-2H2/t3-,4+,5-/m1/s1. The Labute approximate surface area is 68.1 Å². The van der Waals surface area contributed by atoms with E-state index in [9.17, 15) is 9.18 Å². The first-order valence-corrected chi connectivity index (χ1v) is 3.30. The molecule has 0 amide bonds. The van der Waals surface area contributed by atoms with Gasteiger partial charge in [-0.15, -0.1) is 0 Å². The molecule has 0 aliphatic carbocycles. The number of halogens is 1. The Balaban J connectivity index is 4.09. The molecule has 0 fully saturated rings. The van der Waals surface area contributed by atoms with E-state index in [0.29, 0.717) is 0 Å². The molecule has 72 valence electrons. The van der Waals surface area contributed by atoms with Crippen LogP contribution in [0.5, 0.6) is 0 Å². The molecule has 0 saturated heterocycles. The van der Waals surface area contributed by atoms with E-state index in [-0.39, 0.29) is 0 Å².